The van der Waals surface area contributed by atoms with E-state index in [-0.39, 0.29) is 0 Å². The molecule has 2 aliphatic carbocycles. The molecule has 0 heteroatoms. The van der Waals surface area contributed by atoms with Crippen LogP contribution < -0.4 is 0 Å². The average Bonchev–Trinajstić information content (AvgIpc) is 2.92. The van der Waals surface area contributed by atoms with Crippen LogP contribution in [-0.2, 0) is 6.42 Å². The predicted molar refractivity (Wildman–Crippen MR) is 152 cm³/mol. The maximum absolute atomic E-state index is 3.36. The van der Waals surface area contributed by atoms with E-state index < -0.39 is 0 Å². The van der Waals surface area contributed by atoms with Gasteiger partial charge in [0.05, 0.1) is 0 Å². The summed E-state index contributed by atoms with van der Waals surface area (Å²) in [4.78, 5) is 0. The van der Waals surface area contributed by atoms with Crippen LogP contribution in [0.2, 0.25) is 0 Å². The Balaban J connectivity index is 1.19. The van der Waals surface area contributed by atoms with E-state index in [9.17, 15) is 0 Å². The van der Waals surface area contributed by atoms with Crippen molar-refractivity contribution in [1.82, 2.24) is 0 Å². The van der Waals surface area contributed by atoms with Crippen molar-refractivity contribution in [3.63, 3.8) is 0 Å². The molecule has 0 saturated heterocycles. The fourth-order valence-electron chi connectivity index (χ4n) is 6.29. The summed E-state index contributed by atoms with van der Waals surface area (Å²) in [5, 5.41) is 0. The number of aryl methyl sites for hydroxylation is 1. The van der Waals surface area contributed by atoms with Gasteiger partial charge >= 0.3 is 0 Å². The Hall–Kier alpha value is -2.26. The van der Waals surface area contributed by atoms with Gasteiger partial charge in [-0.3, -0.25) is 0 Å². The molecule has 2 fully saturated rings. The quantitative estimate of drug-likeness (QED) is 0.268. The zero-order valence-electron chi connectivity index (χ0n) is 22.3. The van der Waals surface area contributed by atoms with Gasteiger partial charge in [-0.25, -0.2) is 0 Å². The first-order chi connectivity index (χ1) is 17.2. The second-order valence-electron chi connectivity index (χ2n) is 11.2. The lowest BCUT2D eigenvalue weighted by Crippen LogP contribution is -2.13. The Labute approximate surface area is 215 Å². The highest BCUT2D eigenvalue weighted by Gasteiger charge is 2.22. The highest BCUT2D eigenvalue weighted by Crippen LogP contribution is 2.38. The molecule has 2 aromatic rings. The van der Waals surface area contributed by atoms with Gasteiger partial charge < -0.3 is 0 Å². The third-order valence-electron chi connectivity index (χ3n) is 8.74. The van der Waals surface area contributed by atoms with Crippen molar-refractivity contribution >= 4 is 0 Å². The lowest BCUT2D eigenvalue weighted by atomic mass is 9.77. The summed E-state index contributed by atoms with van der Waals surface area (Å²) in [5.41, 5.74) is 5.65. The van der Waals surface area contributed by atoms with Gasteiger partial charge in [0.2, 0.25) is 0 Å². The van der Waals surface area contributed by atoms with E-state index in [0.29, 0.717) is 5.92 Å². The molecule has 0 aliphatic heterocycles. The van der Waals surface area contributed by atoms with Crippen molar-refractivity contribution < 1.29 is 0 Å². The second kappa shape index (κ2) is 13.7. The van der Waals surface area contributed by atoms with Gasteiger partial charge in [0.15, 0.2) is 0 Å². The number of hydrogen-bond donors (Lipinski definition) is 0. The van der Waals surface area contributed by atoms with Crippen LogP contribution in [0.5, 0.6) is 0 Å². The Kier molecular flexibility index (Phi) is 10.1. The Morgan fingerprint density at radius 1 is 0.714 bits per heavy atom. The van der Waals surface area contributed by atoms with Gasteiger partial charge in [-0.1, -0.05) is 93.8 Å². The van der Waals surface area contributed by atoms with E-state index in [2.05, 4.69) is 86.4 Å². The molecule has 0 unspecified atom stereocenters. The van der Waals surface area contributed by atoms with Gasteiger partial charge in [-0.15, -0.1) is 0 Å². The first-order valence-electron chi connectivity index (χ1n) is 14.6. The third kappa shape index (κ3) is 7.87. The molecule has 0 bridgehead atoms. The standard InChI is InChI=1S/C35H46/c1-3-5-6-9-29-14-22-34(23-15-29)35-26-18-31(19-27-35)11-8-7-10-30-16-24-33(25-17-30)32-20-12-28(4-2)13-21-32/h7,10,12-13,18-21,26-27,29-30,33-34H,3-6,9,14-17,22-25H2,1-2H3/b10-7+/t29-,30-,33-,34-. The SMILES string of the molecule is CCCCC[C@H]1CC[C@H](c2ccc(C#C/C=C/[C@H]3CC[C@H](c4ccc(CC)cc4)CC3)cc2)CC1. The van der Waals surface area contributed by atoms with E-state index in [1.54, 1.807) is 0 Å². The fourth-order valence-corrected chi connectivity index (χ4v) is 6.29. The van der Waals surface area contributed by atoms with Crippen LogP contribution >= 0.6 is 0 Å². The van der Waals surface area contributed by atoms with E-state index in [1.165, 1.54) is 93.7 Å². The molecule has 0 radical (unpaired) electrons. The molecule has 0 nitrogen and oxygen atoms in total. The summed E-state index contributed by atoms with van der Waals surface area (Å²) < 4.78 is 0. The number of rotatable bonds is 8. The van der Waals surface area contributed by atoms with Crippen molar-refractivity contribution in [1.29, 1.82) is 0 Å². The van der Waals surface area contributed by atoms with Crippen LogP contribution in [0.1, 0.15) is 125 Å². The van der Waals surface area contributed by atoms with Gasteiger partial charge in [-0.05, 0) is 116 Å². The highest BCUT2D eigenvalue weighted by atomic mass is 14.3. The average molecular weight is 467 g/mol. The molecule has 0 heterocycles. The molecular formula is C35H46. The number of unbranched alkanes of at least 4 members (excludes halogenated alkanes) is 2. The largest absolute Gasteiger partial charge is 0.0730 e. The van der Waals surface area contributed by atoms with Crippen LogP contribution in [-0.4, -0.2) is 0 Å². The topological polar surface area (TPSA) is 0 Å². The Morgan fingerprint density at radius 2 is 1.31 bits per heavy atom. The van der Waals surface area contributed by atoms with Crippen molar-refractivity contribution in [3.8, 4) is 11.8 Å². The van der Waals surface area contributed by atoms with Crippen LogP contribution in [0, 0.1) is 23.7 Å². The lowest BCUT2D eigenvalue weighted by Gasteiger charge is -2.29. The third-order valence-corrected chi connectivity index (χ3v) is 8.74. The summed E-state index contributed by atoms with van der Waals surface area (Å²) in [7, 11) is 0. The summed E-state index contributed by atoms with van der Waals surface area (Å²) in [6, 6.07) is 18.5. The molecule has 2 aromatic carbocycles. The van der Waals surface area contributed by atoms with Crippen LogP contribution in [0.15, 0.2) is 60.7 Å². The first kappa shape index (κ1) is 25.8. The molecular weight excluding hydrogens is 420 g/mol. The molecule has 0 spiro atoms. The number of benzene rings is 2. The smallest absolute Gasteiger partial charge is 0.0249 e. The monoisotopic (exact) mass is 466 g/mol. The normalized spacial score (nSPS) is 24.7. The fraction of sp³-hybridized carbons (Fsp3) is 0.543. The minimum absolute atomic E-state index is 0.690. The molecule has 35 heavy (non-hydrogen) atoms. The molecule has 2 saturated carbocycles. The Morgan fingerprint density at radius 3 is 1.91 bits per heavy atom. The number of hydrogen-bond acceptors (Lipinski definition) is 0. The minimum Gasteiger partial charge on any atom is -0.0730 e. The van der Waals surface area contributed by atoms with E-state index in [4.69, 9.17) is 0 Å². The van der Waals surface area contributed by atoms with E-state index in [0.717, 1.165) is 29.7 Å². The van der Waals surface area contributed by atoms with Gasteiger partial charge in [0.25, 0.3) is 0 Å². The molecule has 4 rings (SSSR count). The molecule has 186 valence electrons. The zero-order valence-corrected chi connectivity index (χ0v) is 22.3. The van der Waals surface area contributed by atoms with Crippen LogP contribution in [0.25, 0.3) is 0 Å². The number of allylic oxidation sites excluding steroid dienone is 2. The van der Waals surface area contributed by atoms with E-state index >= 15 is 0 Å². The first-order valence-corrected chi connectivity index (χ1v) is 14.6. The minimum atomic E-state index is 0.690. The molecule has 0 N–H and O–H groups in total. The van der Waals surface area contributed by atoms with E-state index in [1.807, 2.05) is 0 Å². The van der Waals surface area contributed by atoms with Gasteiger partial charge in [0, 0.05) is 5.56 Å². The maximum Gasteiger partial charge on any atom is 0.0249 e. The van der Waals surface area contributed by atoms with Crippen molar-refractivity contribution in [2.75, 3.05) is 0 Å². The highest BCUT2D eigenvalue weighted by molar-refractivity contribution is 5.39. The maximum atomic E-state index is 3.36. The lowest BCUT2D eigenvalue weighted by molar-refractivity contribution is 0.303. The zero-order chi connectivity index (χ0) is 24.3. The van der Waals surface area contributed by atoms with Crippen LogP contribution in [0.3, 0.4) is 0 Å². The predicted octanol–water partition coefficient (Wildman–Crippen LogP) is 9.98. The summed E-state index contributed by atoms with van der Waals surface area (Å²) in [6.45, 7) is 4.53. The van der Waals surface area contributed by atoms with Crippen molar-refractivity contribution in [2.45, 2.75) is 109 Å². The van der Waals surface area contributed by atoms with Crippen molar-refractivity contribution in [3.05, 3.63) is 82.9 Å². The van der Waals surface area contributed by atoms with Gasteiger partial charge in [-0.2, -0.15) is 0 Å². The molecule has 0 atom stereocenters. The molecule has 0 aromatic heterocycles. The van der Waals surface area contributed by atoms with Crippen molar-refractivity contribution in [2.24, 2.45) is 11.8 Å². The summed E-state index contributed by atoms with van der Waals surface area (Å²) in [5.74, 6) is 9.84. The second-order valence-corrected chi connectivity index (χ2v) is 11.2. The summed E-state index contributed by atoms with van der Waals surface area (Å²) >= 11 is 0. The Bertz CT molecular complexity index is 949. The molecule has 0 amide bonds. The summed E-state index contributed by atoms with van der Waals surface area (Å²) in [6.07, 6.45) is 22.0. The van der Waals surface area contributed by atoms with Gasteiger partial charge in [0.1, 0.15) is 0 Å². The molecule has 2 aliphatic rings. The van der Waals surface area contributed by atoms with Crippen LogP contribution in [0.4, 0.5) is 0 Å².